The maximum absolute atomic E-state index is 11.8. The Morgan fingerprint density at radius 3 is 2.35 bits per heavy atom. The van der Waals surface area contributed by atoms with Gasteiger partial charge in [-0.15, -0.1) is 0 Å². The largest absolute Gasteiger partial charge is 0.490 e. The highest BCUT2D eigenvalue weighted by atomic mass is 31.3. The Labute approximate surface area is 171 Å². The van der Waals surface area contributed by atoms with E-state index in [-0.39, 0.29) is 17.0 Å². The van der Waals surface area contributed by atoms with Crippen molar-refractivity contribution in [3.8, 4) is 0 Å². The fourth-order valence-corrected chi connectivity index (χ4v) is 5.65. The van der Waals surface area contributed by atoms with Crippen molar-refractivity contribution in [1.82, 2.24) is 19.5 Å². The van der Waals surface area contributed by atoms with Gasteiger partial charge in [-0.1, -0.05) is 0 Å². The molecule has 3 heterocycles. The summed E-state index contributed by atoms with van der Waals surface area (Å²) in [7, 11) is -16.7. The summed E-state index contributed by atoms with van der Waals surface area (Å²) in [5.41, 5.74) is 6.00. The first-order valence-electron chi connectivity index (χ1n) is 7.92. The molecule has 3 rings (SSSR count). The number of anilines is 1. The van der Waals surface area contributed by atoms with Gasteiger partial charge >= 0.3 is 23.5 Å². The van der Waals surface area contributed by atoms with Gasteiger partial charge in [-0.3, -0.25) is 9.09 Å². The molecule has 8 N–H and O–H groups in total. The summed E-state index contributed by atoms with van der Waals surface area (Å²) < 4.78 is 51.9. The van der Waals surface area contributed by atoms with Crippen LogP contribution >= 0.6 is 23.5 Å². The molecule has 2 aromatic heterocycles. The number of nitrogens with zero attached hydrogens (tertiary/aromatic N) is 4. The fourth-order valence-electron chi connectivity index (χ4n) is 2.62. The second-order valence-electron chi connectivity index (χ2n) is 6.02. The van der Waals surface area contributed by atoms with Crippen LogP contribution in [0.25, 0.3) is 11.2 Å². The van der Waals surface area contributed by atoms with Crippen molar-refractivity contribution in [2.45, 2.75) is 24.5 Å². The van der Waals surface area contributed by atoms with E-state index in [9.17, 15) is 28.8 Å². The van der Waals surface area contributed by atoms with Crippen molar-refractivity contribution in [3.63, 3.8) is 0 Å². The normalized spacial score (nSPS) is 28.5. The number of imidazole rings is 1. The third-order valence-electron chi connectivity index (χ3n) is 3.82. The van der Waals surface area contributed by atoms with Crippen LogP contribution in [0.2, 0.25) is 0 Å². The number of fused-ring (bicyclic) bond motifs is 1. The molecule has 2 aromatic rings. The summed E-state index contributed by atoms with van der Waals surface area (Å²) in [5, 5.41) is 20.4. The first-order chi connectivity index (χ1) is 14.2. The van der Waals surface area contributed by atoms with E-state index in [2.05, 4.69) is 28.1 Å². The molecule has 21 heteroatoms. The number of aromatic nitrogens is 4. The third kappa shape index (κ3) is 5.71. The number of ether oxygens (including phenoxy) is 1. The molecule has 0 aromatic carbocycles. The van der Waals surface area contributed by atoms with Crippen molar-refractivity contribution in [2.75, 3.05) is 12.3 Å². The Hall–Kier alpha value is -1.36. The fraction of sp³-hybridized carbons (Fsp3) is 0.500. The number of rotatable bonds is 8. The van der Waals surface area contributed by atoms with Crippen LogP contribution in [0.3, 0.4) is 0 Å². The molecule has 1 aliphatic rings. The van der Waals surface area contributed by atoms with E-state index in [1.54, 1.807) is 0 Å². The number of nitrogens with two attached hydrogens (primary N) is 1. The van der Waals surface area contributed by atoms with Crippen LogP contribution in [0.5, 0.6) is 0 Å². The molecule has 18 nitrogen and oxygen atoms in total. The average molecular weight is 507 g/mol. The summed E-state index contributed by atoms with van der Waals surface area (Å²) in [5.74, 6) is 0.0426. The van der Waals surface area contributed by atoms with E-state index in [1.807, 2.05) is 0 Å². The van der Waals surface area contributed by atoms with Crippen molar-refractivity contribution in [3.05, 3.63) is 12.7 Å². The molecule has 0 bridgehead atoms. The Kier molecular flexibility index (Phi) is 6.68. The molecule has 0 saturated carbocycles. The van der Waals surface area contributed by atoms with Gasteiger partial charge in [0.15, 0.2) is 17.7 Å². The second kappa shape index (κ2) is 8.53. The number of phosphoric acid groups is 3. The highest BCUT2D eigenvalue weighted by Gasteiger charge is 2.47. The quantitative estimate of drug-likeness (QED) is 0.197. The van der Waals surface area contributed by atoms with Crippen molar-refractivity contribution < 1.29 is 61.4 Å². The van der Waals surface area contributed by atoms with Gasteiger partial charge < -0.3 is 40.3 Å². The molecule has 0 amide bonds. The number of hydrogen-bond acceptors (Lipinski definition) is 13. The summed E-state index contributed by atoms with van der Waals surface area (Å²) in [6, 6.07) is 0. The zero-order valence-electron chi connectivity index (χ0n) is 14.9. The van der Waals surface area contributed by atoms with Gasteiger partial charge in [-0.25, -0.2) is 28.6 Å². The molecule has 0 aliphatic carbocycles. The van der Waals surface area contributed by atoms with E-state index in [4.69, 9.17) is 25.2 Å². The lowest BCUT2D eigenvalue weighted by Crippen LogP contribution is -2.33. The smallest absolute Gasteiger partial charge is 0.387 e. The molecular weight excluding hydrogens is 491 g/mol. The molecule has 1 fully saturated rings. The number of hydrogen-bond donors (Lipinski definition) is 7. The number of aliphatic hydroxyl groups excluding tert-OH is 2. The maximum atomic E-state index is 11.8. The van der Waals surface area contributed by atoms with Gasteiger partial charge in [0.25, 0.3) is 0 Å². The average Bonchev–Trinajstić information content (AvgIpc) is 3.13. The van der Waals surface area contributed by atoms with Crippen LogP contribution in [0.1, 0.15) is 6.23 Å². The SMILES string of the molecule is Nc1ncnc2c1ncn2[C@@H]1O[C@@H](COP(=O)(O)OP(=O)(O)OP(=O)(O)O)[C@H](O)[C@@H]1O. The van der Waals surface area contributed by atoms with Crippen molar-refractivity contribution >= 4 is 40.4 Å². The maximum Gasteiger partial charge on any atom is 0.490 e. The van der Waals surface area contributed by atoms with Gasteiger partial charge in [-0.2, -0.15) is 8.62 Å². The van der Waals surface area contributed by atoms with Gasteiger partial charge in [0.1, 0.15) is 30.2 Å². The molecule has 6 atom stereocenters. The monoisotopic (exact) mass is 507 g/mol. The number of aliphatic hydroxyl groups is 2. The Bertz CT molecular complexity index is 1100. The minimum atomic E-state index is -5.70. The lowest BCUT2D eigenvalue weighted by Gasteiger charge is -2.19. The lowest BCUT2D eigenvalue weighted by atomic mass is 10.1. The predicted octanol–water partition coefficient (Wildman–Crippen LogP) is -1.63. The van der Waals surface area contributed by atoms with E-state index >= 15 is 0 Å². The van der Waals surface area contributed by atoms with Crippen LogP contribution in [0.15, 0.2) is 12.7 Å². The van der Waals surface area contributed by atoms with E-state index in [1.165, 1.54) is 10.9 Å². The van der Waals surface area contributed by atoms with E-state index in [0.717, 1.165) is 6.33 Å². The first-order valence-corrected chi connectivity index (χ1v) is 12.4. The minimum Gasteiger partial charge on any atom is -0.387 e. The van der Waals surface area contributed by atoms with Crippen LogP contribution in [-0.2, 0) is 31.6 Å². The van der Waals surface area contributed by atoms with Gasteiger partial charge in [0.2, 0.25) is 0 Å². The standard InChI is InChI=1S/C10H16N5O13P3/c11-8-5-9(13-2-12-8)15(3-14-5)10-7(17)6(16)4(26-10)1-25-30(21,22)28-31(23,24)27-29(18,19)20/h2-4,6-7,10,16-17H,1H2,(H,21,22)(H,23,24)(H2,11,12,13)(H2,18,19,20)/t4-,6-,7-,10+/m0/s1. The van der Waals surface area contributed by atoms with Crippen LogP contribution in [0, 0.1) is 0 Å². The van der Waals surface area contributed by atoms with E-state index in [0.29, 0.717) is 0 Å². The van der Waals surface area contributed by atoms with Gasteiger partial charge in [0, 0.05) is 0 Å². The summed E-state index contributed by atoms with van der Waals surface area (Å²) in [4.78, 5) is 47.2. The second-order valence-corrected chi connectivity index (χ2v) is 10.4. The Morgan fingerprint density at radius 1 is 1.03 bits per heavy atom. The molecule has 1 saturated heterocycles. The van der Waals surface area contributed by atoms with Crippen molar-refractivity contribution in [2.24, 2.45) is 0 Å². The topological polar surface area (TPSA) is 279 Å². The van der Waals surface area contributed by atoms with Crippen LogP contribution in [0.4, 0.5) is 5.82 Å². The summed E-state index contributed by atoms with van der Waals surface area (Å²) in [6.07, 6.45) is -3.69. The molecular formula is C10H16N5O13P3. The third-order valence-corrected chi connectivity index (χ3v) is 7.62. The summed E-state index contributed by atoms with van der Waals surface area (Å²) >= 11 is 0. The van der Waals surface area contributed by atoms with Crippen LogP contribution in [-0.4, -0.2) is 74.2 Å². The van der Waals surface area contributed by atoms with Crippen LogP contribution < -0.4 is 5.73 Å². The summed E-state index contributed by atoms with van der Waals surface area (Å²) in [6.45, 7) is -0.956. The molecule has 1 aliphatic heterocycles. The Morgan fingerprint density at radius 2 is 1.71 bits per heavy atom. The first kappa shape index (κ1) is 24.3. The molecule has 174 valence electrons. The molecule has 0 spiro atoms. The number of nitrogen functional groups attached to an aromatic ring is 1. The highest BCUT2D eigenvalue weighted by Crippen LogP contribution is 2.66. The Balaban J connectivity index is 1.69. The molecule has 2 unspecified atom stereocenters. The van der Waals surface area contributed by atoms with E-state index < -0.39 is 54.6 Å². The minimum absolute atomic E-state index is 0.0426. The zero-order chi connectivity index (χ0) is 23.2. The van der Waals surface area contributed by atoms with Gasteiger partial charge in [-0.05, 0) is 0 Å². The predicted molar refractivity (Wildman–Crippen MR) is 95.5 cm³/mol. The number of phosphoric ester groups is 1. The zero-order valence-corrected chi connectivity index (χ0v) is 17.6. The van der Waals surface area contributed by atoms with Gasteiger partial charge in [0.05, 0.1) is 12.9 Å². The van der Waals surface area contributed by atoms with Crippen molar-refractivity contribution in [1.29, 1.82) is 0 Å². The highest BCUT2D eigenvalue weighted by molar-refractivity contribution is 7.66. The lowest BCUT2D eigenvalue weighted by molar-refractivity contribution is -0.0503. The molecule has 0 radical (unpaired) electrons. The molecule has 31 heavy (non-hydrogen) atoms.